The predicted octanol–water partition coefficient (Wildman–Crippen LogP) is 1.87. The van der Waals surface area contributed by atoms with Crippen molar-refractivity contribution in [3.63, 3.8) is 0 Å². The highest BCUT2D eigenvalue weighted by molar-refractivity contribution is 8.32. The van der Waals surface area contributed by atoms with Crippen LogP contribution in [0.4, 0.5) is 0 Å². The lowest BCUT2D eigenvalue weighted by Crippen LogP contribution is -2.34. The maximum Gasteiger partial charge on any atom is 0.310 e. The molecule has 3 rings (SSSR count). The number of hydrogen-bond acceptors (Lipinski definition) is 6. The Morgan fingerprint density at radius 3 is 2.75 bits per heavy atom. The largest absolute Gasteiger partial charge is 0.465 e. The summed E-state index contributed by atoms with van der Waals surface area (Å²) in [5, 5.41) is 8.62. The highest BCUT2D eigenvalue weighted by Gasteiger charge is 2.42. The van der Waals surface area contributed by atoms with Gasteiger partial charge in [0.15, 0.2) is 0 Å². The van der Waals surface area contributed by atoms with Gasteiger partial charge in [-0.2, -0.15) is 0 Å². The molecule has 0 saturated heterocycles. The Morgan fingerprint density at radius 2 is 2.04 bits per heavy atom. The lowest BCUT2D eigenvalue weighted by molar-refractivity contribution is -0.152. The second-order valence-corrected chi connectivity index (χ2v) is 12.8. The molecule has 3 unspecified atom stereocenters. The van der Waals surface area contributed by atoms with E-state index in [1.807, 2.05) is 0 Å². The van der Waals surface area contributed by atoms with Gasteiger partial charge in [-0.1, -0.05) is 17.3 Å². The van der Waals surface area contributed by atoms with E-state index in [2.05, 4.69) is 29.1 Å². The fourth-order valence-corrected chi connectivity index (χ4v) is 4.28. The molecule has 0 amide bonds. The first-order chi connectivity index (χ1) is 13.3. The first-order valence-corrected chi connectivity index (χ1v) is 12.4. The summed E-state index contributed by atoms with van der Waals surface area (Å²) in [5.41, 5.74) is 0.310. The average Bonchev–Trinajstić information content (AvgIpc) is 3.06. The quantitative estimate of drug-likeness (QED) is 0.516. The van der Waals surface area contributed by atoms with Crippen molar-refractivity contribution in [2.45, 2.75) is 19.4 Å². The van der Waals surface area contributed by atoms with Crippen LogP contribution in [0, 0.1) is 17.8 Å². The van der Waals surface area contributed by atoms with Gasteiger partial charge in [0, 0.05) is 11.7 Å². The molecular formula is C20H27N3O4S. The normalized spacial score (nSPS) is 22.9. The summed E-state index contributed by atoms with van der Waals surface area (Å²) in [4.78, 5) is 36.9. The average molecular weight is 406 g/mol. The first kappa shape index (κ1) is 20.5. The van der Waals surface area contributed by atoms with E-state index in [0.29, 0.717) is 30.4 Å². The van der Waals surface area contributed by atoms with Gasteiger partial charge in [-0.15, -0.1) is 5.10 Å². The second-order valence-electron chi connectivity index (χ2n) is 8.22. The second kappa shape index (κ2) is 8.43. The zero-order chi connectivity index (χ0) is 20.3. The van der Waals surface area contributed by atoms with Crippen molar-refractivity contribution in [2.75, 3.05) is 31.1 Å². The van der Waals surface area contributed by atoms with Gasteiger partial charge in [0.25, 0.3) is 5.56 Å². The minimum Gasteiger partial charge on any atom is -0.465 e. The Labute approximate surface area is 165 Å². The van der Waals surface area contributed by atoms with Crippen LogP contribution in [0.1, 0.15) is 12.8 Å². The van der Waals surface area contributed by atoms with Gasteiger partial charge in [0.1, 0.15) is 11.8 Å². The van der Waals surface area contributed by atoms with Gasteiger partial charge in [-0.05, 0) is 49.7 Å². The lowest BCUT2D eigenvalue weighted by Gasteiger charge is -2.26. The minimum atomic E-state index is -0.761. The van der Waals surface area contributed by atoms with E-state index in [9.17, 15) is 14.4 Å². The van der Waals surface area contributed by atoms with Crippen molar-refractivity contribution in [3.05, 3.63) is 34.6 Å². The van der Waals surface area contributed by atoms with Gasteiger partial charge in [0.2, 0.25) is 0 Å². The molecule has 3 atom stereocenters. The van der Waals surface area contributed by atoms with E-state index in [0.717, 1.165) is 12.0 Å². The Hall–Kier alpha value is -2.22. The van der Waals surface area contributed by atoms with E-state index >= 15 is 0 Å². The molecule has 0 radical (unpaired) electrons. The fraction of sp³-hybridized carbons (Fsp3) is 0.550. The summed E-state index contributed by atoms with van der Waals surface area (Å²) < 4.78 is 6.81. The van der Waals surface area contributed by atoms with Crippen LogP contribution in [0.2, 0.25) is 0 Å². The number of ether oxygens (including phenoxy) is 1. The number of carbonyl (C=O) groups is 2. The van der Waals surface area contributed by atoms with Gasteiger partial charge in [-0.25, -0.2) is 14.7 Å². The molecule has 0 bridgehead atoms. The van der Waals surface area contributed by atoms with Crippen LogP contribution in [0.15, 0.2) is 29.1 Å². The molecule has 1 aromatic heterocycles. The number of esters is 1. The number of hydrogen-bond donors (Lipinski definition) is 0. The molecule has 1 heterocycles. The van der Waals surface area contributed by atoms with Crippen molar-refractivity contribution in [1.82, 2.24) is 15.0 Å². The molecule has 0 aliphatic heterocycles. The van der Waals surface area contributed by atoms with Crippen molar-refractivity contribution >= 4 is 33.2 Å². The Bertz CT molecular complexity index is 922. The Balaban J connectivity index is 1.77. The molecule has 2 aromatic rings. The van der Waals surface area contributed by atoms with E-state index in [-0.39, 0.29) is 29.9 Å². The zero-order valence-corrected chi connectivity index (χ0v) is 17.4. The summed E-state index contributed by atoms with van der Waals surface area (Å²) >= 11 is 0. The molecular weight excluding hydrogens is 378 g/mol. The molecule has 1 fully saturated rings. The van der Waals surface area contributed by atoms with Crippen LogP contribution >= 0.6 is 10.0 Å². The monoisotopic (exact) mass is 405 g/mol. The van der Waals surface area contributed by atoms with Crippen LogP contribution in [0.5, 0.6) is 0 Å². The summed E-state index contributed by atoms with van der Waals surface area (Å²) in [7, 11) is -0.761. The number of fused-ring (bicyclic) bond motifs is 1. The molecule has 28 heavy (non-hydrogen) atoms. The van der Waals surface area contributed by atoms with Crippen LogP contribution in [-0.2, 0) is 20.9 Å². The number of benzene rings is 1. The molecule has 1 aromatic carbocycles. The highest BCUT2D eigenvalue weighted by atomic mass is 32.3. The van der Waals surface area contributed by atoms with Gasteiger partial charge in [-0.3, -0.25) is 9.59 Å². The Kier molecular flexibility index (Phi) is 6.17. The van der Waals surface area contributed by atoms with Crippen LogP contribution in [0.25, 0.3) is 10.9 Å². The van der Waals surface area contributed by atoms with Crippen LogP contribution in [-0.4, -0.2) is 58.4 Å². The molecule has 0 spiro atoms. The smallest absolute Gasteiger partial charge is 0.310 e. The third-order valence-electron chi connectivity index (χ3n) is 5.26. The predicted molar refractivity (Wildman–Crippen MR) is 111 cm³/mol. The third-order valence-corrected chi connectivity index (χ3v) is 6.66. The Morgan fingerprint density at radius 1 is 1.29 bits per heavy atom. The topological polar surface area (TPSA) is 91.2 Å². The van der Waals surface area contributed by atoms with Gasteiger partial charge in [0.05, 0.1) is 24.5 Å². The SMILES string of the molecule is CS(C)(C)CCOC(=O)C1C(C=O)CCC1Cn1nnc2ccccc2c1=O. The molecule has 152 valence electrons. The molecule has 0 N–H and O–H groups in total. The van der Waals surface area contributed by atoms with E-state index < -0.39 is 15.9 Å². The van der Waals surface area contributed by atoms with E-state index in [4.69, 9.17) is 4.74 Å². The summed E-state index contributed by atoms with van der Waals surface area (Å²) in [6.45, 7) is 0.619. The number of nitrogens with zero attached hydrogens (tertiary/aromatic N) is 3. The van der Waals surface area contributed by atoms with Crippen molar-refractivity contribution in [2.24, 2.45) is 17.8 Å². The summed E-state index contributed by atoms with van der Waals surface area (Å²) in [6.07, 6.45) is 8.63. The number of aldehydes is 1. The number of aromatic nitrogens is 3. The maximum atomic E-state index is 12.7. The minimum absolute atomic E-state index is 0.169. The number of carbonyl (C=O) groups excluding carboxylic acids is 2. The van der Waals surface area contributed by atoms with Crippen molar-refractivity contribution in [1.29, 1.82) is 0 Å². The fourth-order valence-electron chi connectivity index (χ4n) is 3.69. The molecule has 8 heteroatoms. The van der Waals surface area contributed by atoms with Crippen molar-refractivity contribution < 1.29 is 14.3 Å². The highest BCUT2D eigenvalue weighted by Crippen LogP contribution is 2.38. The molecule has 1 saturated carbocycles. The van der Waals surface area contributed by atoms with Gasteiger partial charge >= 0.3 is 5.97 Å². The van der Waals surface area contributed by atoms with E-state index in [1.54, 1.807) is 24.3 Å². The lowest BCUT2D eigenvalue weighted by atomic mass is 9.90. The molecule has 1 aliphatic rings. The van der Waals surface area contributed by atoms with Crippen LogP contribution < -0.4 is 5.56 Å². The van der Waals surface area contributed by atoms with Crippen LogP contribution in [0.3, 0.4) is 0 Å². The number of rotatable bonds is 7. The molecule has 7 nitrogen and oxygen atoms in total. The summed E-state index contributed by atoms with van der Waals surface area (Å²) in [5.74, 6) is -0.587. The van der Waals surface area contributed by atoms with Gasteiger partial charge < -0.3 is 9.53 Å². The van der Waals surface area contributed by atoms with Crippen molar-refractivity contribution in [3.8, 4) is 0 Å². The third kappa shape index (κ3) is 4.60. The summed E-state index contributed by atoms with van der Waals surface area (Å²) in [6, 6.07) is 7.04. The first-order valence-electron chi connectivity index (χ1n) is 9.40. The standard InChI is InChI=1S/C20H27N3O4S/c1-28(2,3)11-10-27-20(26)18-14(8-9-15(18)13-24)12-23-19(25)16-6-4-5-7-17(16)21-22-23/h4-7,13-15,18H,8-12H2,1-3H3. The van der Waals surface area contributed by atoms with E-state index in [1.165, 1.54) is 4.68 Å². The zero-order valence-electron chi connectivity index (χ0n) is 16.5. The molecule has 1 aliphatic carbocycles. The maximum absolute atomic E-state index is 12.7.